The Morgan fingerprint density at radius 1 is 1.40 bits per heavy atom. The number of carboxylic acids is 1. The van der Waals surface area contributed by atoms with Crippen LogP contribution < -0.4 is 10.1 Å². The van der Waals surface area contributed by atoms with E-state index in [2.05, 4.69) is 5.32 Å². The molecule has 1 aromatic rings. The molecule has 20 heavy (non-hydrogen) atoms. The van der Waals surface area contributed by atoms with Gasteiger partial charge < -0.3 is 15.2 Å². The zero-order valence-corrected chi connectivity index (χ0v) is 12.2. The molecule has 0 radical (unpaired) electrons. The lowest BCUT2D eigenvalue weighted by molar-refractivity contribution is -0.138. The maximum absolute atomic E-state index is 12.0. The van der Waals surface area contributed by atoms with Crippen molar-refractivity contribution >= 4 is 23.5 Å². The molecule has 1 rings (SSSR count). The van der Waals surface area contributed by atoms with Crippen LogP contribution in [0, 0.1) is 0 Å². The molecular weight excluding hydrogens is 282 g/mol. The lowest BCUT2D eigenvalue weighted by atomic mass is 10.1. The first-order valence-corrected chi connectivity index (χ1v) is 6.64. The smallest absolute Gasteiger partial charge is 0.303 e. The Bertz CT molecular complexity index is 488. The van der Waals surface area contributed by atoms with Crippen molar-refractivity contribution in [2.75, 3.05) is 6.54 Å². The molecule has 6 heteroatoms. The monoisotopic (exact) mass is 299 g/mol. The molecule has 0 fully saturated rings. The number of aliphatic carboxylic acids is 1. The molecule has 1 amide bonds. The van der Waals surface area contributed by atoms with Crippen LogP contribution >= 0.6 is 11.6 Å². The Balaban J connectivity index is 2.50. The molecular formula is C14H18ClNO4. The molecule has 0 saturated heterocycles. The van der Waals surface area contributed by atoms with Crippen molar-refractivity contribution in [1.29, 1.82) is 0 Å². The molecule has 0 bridgehead atoms. The molecule has 0 saturated carbocycles. The lowest BCUT2D eigenvalue weighted by Crippen LogP contribution is -2.46. The lowest BCUT2D eigenvalue weighted by Gasteiger charge is -2.25. The molecule has 0 aromatic heterocycles. The number of carbonyl (C=O) groups is 2. The molecule has 0 heterocycles. The minimum Gasteiger partial charge on any atom is -0.481 e. The molecule has 0 unspecified atom stereocenters. The van der Waals surface area contributed by atoms with Gasteiger partial charge in [0.05, 0.1) is 0 Å². The van der Waals surface area contributed by atoms with E-state index in [0.29, 0.717) is 23.7 Å². The predicted molar refractivity (Wildman–Crippen MR) is 76.0 cm³/mol. The number of benzene rings is 1. The Labute approximate surface area is 122 Å². The Kier molecular flexibility index (Phi) is 5.82. The van der Waals surface area contributed by atoms with Gasteiger partial charge in [-0.15, -0.1) is 0 Å². The summed E-state index contributed by atoms with van der Waals surface area (Å²) in [5.41, 5.74) is -1.06. The van der Waals surface area contributed by atoms with Crippen LogP contribution in [0.3, 0.4) is 0 Å². The van der Waals surface area contributed by atoms with Crippen molar-refractivity contribution < 1.29 is 19.4 Å². The highest BCUT2D eigenvalue weighted by Crippen LogP contribution is 2.22. The quantitative estimate of drug-likeness (QED) is 0.758. The number of carboxylic acid groups (broad SMARTS) is 1. The third-order valence-corrected chi connectivity index (χ3v) is 2.80. The molecule has 0 aliphatic rings. The first kappa shape index (κ1) is 16.3. The summed E-state index contributed by atoms with van der Waals surface area (Å²) in [4.78, 5) is 22.3. The highest BCUT2D eigenvalue weighted by Gasteiger charge is 2.29. The molecule has 2 N–H and O–H groups in total. The van der Waals surface area contributed by atoms with Crippen LogP contribution in [-0.4, -0.2) is 29.1 Å². The van der Waals surface area contributed by atoms with E-state index >= 15 is 0 Å². The van der Waals surface area contributed by atoms with Crippen molar-refractivity contribution in [2.24, 2.45) is 0 Å². The van der Waals surface area contributed by atoms with E-state index in [9.17, 15) is 9.59 Å². The van der Waals surface area contributed by atoms with Gasteiger partial charge in [0.2, 0.25) is 0 Å². The summed E-state index contributed by atoms with van der Waals surface area (Å²) in [6.07, 6.45) is 0.407. The van der Waals surface area contributed by atoms with Gasteiger partial charge in [0.25, 0.3) is 5.91 Å². The van der Waals surface area contributed by atoms with E-state index in [1.807, 2.05) is 0 Å². The van der Waals surface area contributed by atoms with Crippen LogP contribution in [0.4, 0.5) is 0 Å². The highest BCUT2D eigenvalue weighted by atomic mass is 35.5. The minimum atomic E-state index is -1.06. The van der Waals surface area contributed by atoms with Gasteiger partial charge in [0.15, 0.2) is 5.60 Å². The van der Waals surface area contributed by atoms with Crippen molar-refractivity contribution in [1.82, 2.24) is 5.32 Å². The van der Waals surface area contributed by atoms with Gasteiger partial charge in [-0.25, -0.2) is 0 Å². The van der Waals surface area contributed by atoms with E-state index < -0.39 is 11.6 Å². The predicted octanol–water partition coefficient (Wildman–Crippen LogP) is 2.48. The van der Waals surface area contributed by atoms with Crippen molar-refractivity contribution in [3.8, 4) is 5.75 Å². The molecule has 0 aliphatic heterocycles. The minimum absolute atomic E-state index is 0.0237. The molecule has 5 nitrogen and oxygen atoms in total. The SMILES string of the molecule is CC(C)(Oc1cccc(Cl)c1)C(=O)NCCCC(=O)O. The van der Waals surface area contributed by atoms with Gasteiger partial charge in [-0.2, -0.15) is 0 Å². The summed E-state index contributed by atoms with van der Waals surface area (Å²) in [6.45, 7) is 3.58. The number of halogens is 1. The Hall–Kier alpha value is -1.75. The van der Waals surface area contributed by atoms with Crippen LogP contribution in [0.5, 0.6) is 5.75 Å². The summed E-state index contributed by atoms with van der Waals surface area (Å²) in [7, 11) is 0. The standard InChI is InChI=1S/C14H18ClNO4/c1-14(2,13(19)16-8-4-7-12(17)18)20-11-6-3-5-10(15)9-11/h3,5-6,9H,4,7-8H2,1-2H3,(H,16,19)(H,17,18). The Morgan fingerprint density at radius 2 is 2.10 bits per heavy atom. The van der Waals surface area contributed by atoms with Crippen LogP contribution in [0.1, 0.15) is 26.7 Å². The van der Waals surface area contributed by atoms with E-state index in [1.54, 1.807) is 38.1 Å². The first-order valence-electron chi connectivity index (χ1n) is 6.26. The van der Waals surface area contributed by atoms with Crippen molar-refractivity contribution in [2.45, 2.75) is 32.3 Å². The van der Waals surface area contributed by atoms with E-state index in [-0.39, 0.29) is 12.3 Å². The second-order valence-electron chi connectivity index (χ2n) is 4.82. The van der Waals surface area contributed by atoms with Crippen LogP contribution in [-0.2, 0) is 9.59 Å². The van der Waals surface area contributed by atoms with Crippen LogP contribution in [0.15, 0.2) is 24.3 Å². The number of hydrogen-bond donors (Lipinski definition) is 2. The van der Waals surface area contributed by atoms with Gasteiger partial charge in [0.1, 0.15) is 5.75 Å². The average Bonchev–Trinajstić information content (AvgIpc) is 2.33. The second-order valence-corrected chi connectivity index (χ2v) is 5.26. The molecule has 0 aliphatic carbocycles. The molecule has 110 valence electrons. The fraction of sp³-hybridized carbons (Fsp3) is 0.429. The van der Waals surface area contributed by atoms with Gasteiger partial charge >= 0.3 is 5.97 Å². The van der Waals surface area contributed by atoms with E-state index in [1.165, 1.54) is 0 Å². The maximum Gasteiger partial charge on any atom is 0.303 e. The molecule has 1 aromatic carbocycles. The fourth-order valence-corrected chi connectivity index (χ4v) is 1.71. The Morgan fingerprint density at radius 3 is 2.70 bits per heavy atom. The third-order valence-electron chi connectivity index (χ3n) is 2.57. The zero-order chi connectivity index (χ0) is 15.2. The summed E-state index contributed by atoms with van der Waals surface area (Å²) in [6, 6.07) is 6.79. The van der Waals surface area contributed by atoms with Gasteiger partial charge in [0, 0.05) is 18.0 Å². The van der Waals surface area contributed by atoms with E-state index in [4.69, 9.17) is 21.4 Å². The first-order chi connectivity index (χ1) is 9.31. The fourth-order valence-electron chi connectivity index (χ4n) is 1.53. The molecule has 0 atom stereocenters. The topological polar surface area (TPSA) is 75.6 Å². The molecule has 0 spiro atoms. The largest absolute Gasteiger partial charge is 0.481 e. The van der Waals surface area contributed by atoms with Gasteiger partial charge in [-0.3, -0.25) is 9.59 Å². The summed E-state index contributed by atoms with van der Waals surface area (Å²) in [5, 5.41) is 11.7. The summed E-state index contributed by atoms with van der Waals surface area (Å²) in [5.74, 6) is -0.681. The average molecular weight is 300 g/mol. The number of carbonyl (C=O) groups excluding carboxylic acids is 1. The van der Waals surface area contributed by atoms with Gasteiger partial charge in [-0.05, 0) is 38.5 Å². The third kappa shape index (κ3) is 5.48. The van der Waals surface area contributed by atoms with Crippen molar-refractivity contribution in [3.05, 3.63) is 29.3 Å². The van der Waals surface area contributed by atoms with E-state index in [0.717, 1.165) is 0 Å². The highest BCUT2D eigenvalue weighted by molar-refractivity contribution is 6.30. The number of nitrogens with one attached hydrogen (secondary N) is 1. The van der Waals surface area contributed by atoms with Crippen molar-refractivity contribution in [3.63, 3.8) is 0 Å². The summed E-state index contributed by atoms with van der Waals surface area (Å²) >= 11 is 5.85. The number of amides is 1. The maximum atomic E-state index is 12.0. The second kappa shape index (κ2) is 7.14. The van der Waals surface area contributed by atoms with Gasteiger partial charge in [-0.1, -0.05) is 17.7 Å². The number of ether oxygens (including phenoxy) is 1. The van der Waals surface area contributed by atoms with Crippen LogP contribution in [0.2, 0.25) is 5.02 Å². The number of hydrogen-bond acceptors (Lipinski definition) is 3. The normalized spacial score (nSPS) is 10.9. The van der Waals surface area contributed by atoms with Crippen LogP contribution in [0.25, 0.3) is 0 Å². The zero-order valence-electron chi connectivity index (χ0n) is 11.5. The summed E-state index contributed by atoms with van der Waals surface area (Å²) < 4.78 is 5.61. The number of rotatable bonds is 7.